The molecule has 0 aliphatic heterocycles. The van der Waals surface area contributed by atoms with Gasteiger partial charge >= 0.3 is 11.7 Å². The third kappa shape index (κ3) is 4.76. The summed E-state index contributed by atoms with van der Waals surface area (Å²) in [5, 5.41) is 10.9. The SMILES string of the molecule is Cc1ccc(C(C)C)c(OCC(=O)Oc2cc(F)ccc2[N+](=O)[O-])c1. The molecule has 0 N–H and O–H groups in total. The average Bonchev–Trinajstić information content (AvgIpc) is 2.52. The van der Waals surface area contributed by atoms with Crippen molar-refractivity contribution in [3.8, 4) is 11.5 Å². The summed E-state index contributed by atoms with van der Waals surface area (Å²) < 4.78 is 23.7. The first-order chi connectivity index (χ1) is 11.8. The van der Waals surface area contributed by atoms with Crippen molar-refractivity contribution in [1.29, 1.82) is 0 Å². The minimum Gasteiger partial charge on any atom is -0.482 e. The minimum atomic E-state index is -0.857. The summed E-state index contributed by atoms with van der Waals surface area (Å²) in [5.74, 6) is -1.32. The van der Waals surface area contributed by atoms with Crippen molar-refractivity contribution >= 4 is 11.7 Å². The van der Waals surface area contributed by atoms with E-state index in [4.69, 9.17) is 9.47 Å². The highest BCUT2D eigenvalue weighted by Crippen LogP contribution is 2.29. The largest absolute Gasteiger partial charge is 0.482 e. The summed E-state index contributed by atoms with van der Waals surface area (Å²) in [7, 11) is 0. The zero-order valence-electron chi connectivity index (χ0n) is 14.1. The molecule has 0 aromatic heterocycles. The van der Waals surface area contributed by atoms with Crippen molar-refractivity contribution in [1.82, 2.24) is 0 Å². The summed E-state index contributed by atoms with van der Waals surface area (Å²) in [5.41, 5.74) is 1.40. The number of benzene rings is 2. The summed E-state index contributed by atoms with van der Waals surface area (Å²) in [6, 6.07) is 8.31. The van der Waals surface area contributed by atoms with Gasteiger partial charge in [-0.1, -0.05) is 26.0 Å². The molecule has 132 valence electrons. The van der Waals surface area contributed by atoms with Crippen LogP contribution in [0.2, 0.25) is 0 Å². The van der Waals surface area contributed by atoms with Crippen LogP contribution in [0.5, 0.6) is 11.5 Å². The van der Waals surface area contributed by atoms with Crippen molar-refractivity contribution in [2.75, 3.05) is 6.61 Å². The molecule has 0 unspecified atom stereocenters. The number of carbonyl (C=O) groups excluding carboxylic acids is 1. The molecule has 0 atom stereocenters. The van der Waals surface area contributed by atoms with Gasteiger partial charge in [-0.2, -0.15) is 0 Å². The fourth-order valence-corrected chi connectivity index (χ4v) is 2.25. The maximum absolute atomic E-state index is 13.3. The van der Waals surface area contributed by atoms with Crippen molar-refractivity contribution in [3.63, 3.8) is 0 Å². The summed E-state index contributed by atoms with van der Waals surface area (Å²) in [6.45, 7) is 5.43. The quantitative estimate of drug-likeness (QED) is 0.339. The number of esters is 1. The molecular weight excluding hydrogens is 329 g/mol. The van der Waals surface area contributed by atoms with E-state index in [1.165, 1.54) is 0 Å². The number of ether oxygens (including phenoxy) is 2. The molecule has 0 amide bonds. The van der Waals surface area contributed by atoms with Crippen molar-refractivity contribution in [3.05, 3.63) is 63.5 Å². The van der Waals surface area contributed by atoms with Crippen LogP contribution in [0.3, 0.4) is 0 Å². The molecule has 0 saturated carbocycles. The van der Waals surface area contributed by atoms with E-state index in [0.717, 1.165) is 29.3 Å². The second-order valence-corrected chi connectivity index (χ2v) is 5.83. The van der Waals surface area contributed by atoms with E-state index in [-0.39, 0.29) is 5.92 Å². The normalized spacial score (nSPS) is 10.6. The Morgan fingerprint density at radius 2 is 1.92 bits per heavy atom. The first-order valence-electron chi connectivity index (χ1n) is 7.66. The third-order valence-corrected chi connectivity index (χ3v) is 3.48. The van der Waals surface area contributed by atoms with E-state index in [1.807, 2.05) is 32.9 Å². The van der Waals surface area contributed by atoms with Crippen LogP contribution in [0.15, 0.2) is 36.4 Å². The van der Waals surface area contributed by atoms with E-state index < -0.39 is 34.8 Å². The third-order valence-electron chi connectivity index (χ3n) is 3.48. The van der Waals surface area contributed by atoms with Crippen LogP contribution >= 0.6 is 0 Å². The average molecular weight is 347 g/mol. The minimum absolute atomic E-state index is 0.191. The Hall–Kier alpha value is -2.96. The fourth-order valence-electron chi connectivity index (χ4n) is 2.25. The van der Waals surface area contributed by atoms with E-state index >= 15 is 0 Å². The van der Waals surface area contributed by atoms with Gasteiger partial charge in [0.2, 0.25) is 5.75 Å². The topological polar surface area (TPSA) is 78.7 Å². The van der Waals surface area contributed by atoms with Gasteiger partial charge in [0.1, 0.15) is 11.6 Å². The highest BCUT2D eigenvalue weighted by Gasteiger charge is 2.19. The molecule has 0 saturated heterocycles. The van der Waals surface area contributed by atoms with E-state index in [9.17, 15) is 19.3 Å². The second kappa shape index (κ2) is 7.74. The molecule has 2 aromatic rings. The van der Waals surface area contributed by atoms with Crippen LogP contribution in [-0.2, 0) is 4.79 Å². The molecule has 0 bridgehead atoms. The van der Waals surface area contributed by atoms with E-state index in [1.54, 1.807) is 6.07 Å². The predicted molar refractivity (Wildman–Crippen MR) is 89.5 cm³/mol. The summed E-state index contributed by atoms with van der Waals surface area (Å²) in [4.78, 5) is 22.1. The lowest BCUT2D eigenvalue weighted by Crippen LogP contribution is -2.19. The number of aryl methyl sites for hydroxylation is 1. The monoisotopic (exact) mass is 347 g/mol. The zero-order valence-corrected chi connectivity index (χ0v) is 14.1. The highest BCUT2D eigenvalue weighted by molar-refractivity contribution is 5.75. The lowest BCUT2D eigenvalue weighted by molar-refractivity contribution is -0.385. The number of hydrogen-bond acceptors (Lipinski definition) is 5. The number of hydrogen-bond donors (Lipinski definition) is 0. The molecule has 2 aromatic carbocycles. The molecule has 0 radical (unpaired) electrons. The smallest absolute Gasteiger partial charge is 0.349 e. The van der Waals surface area contributed by atoms with Gasteiger partial charge in [-0.05, 0) is 36.1 Å². The van der Waals surface area contributed by atoms with Crippen molar-refractivity contribution in [2.45, 2.75) is 26.7 Å². The summed E-state index contributed by atoms with van der Waals surface area (Å²) in [6.07, 6.45) is 0. The van der Waals surface area contributed by atoms with Gasteiger partial charge < -0.3 is 9.47 Å². The number of halogens is 1. The lowest BCUT2D eigenvalue weighted by Gasteiger charge is -2.14. The molecule has 6 nitrogen and oxygen atoms in total. The Morgan fingerprint density at radius 3 is 2.56 bits per heavy atom. The number of rotatable bonds is 6. The standard InChI is InChI=1S/C18H18FNO5/c1-11(2)14-6-4-12(3)8-16(14)24-10-18(21)25-17-9-13(19)5-7-15(17)20(22)23/h4-9,11H,10H2,1-3H3. The molecular formula is C18H18FNO5. The molecule has 0 aliphatic carbocycles. The number of nitro benzene ring substituents is 1. The fraction of sp³-hybridized carbons (Fsp3) is 0.278. The van der Waals surface area contributed by atoms with Crippen LogP contribution in [0, 0.1) is 22.9 Å². The first-order valence-corrected chi connectivity index (χ1v) is 7.66. The number of nitrogens with zero attached hydrogens (tertiary/aromatic N) is 1. The predicted octanol–water partition coefficient (Wildman–Crippen LogP) is 4.15. The molecule has 0 spiro atoms. The lowest BCUT2D eigenvalue weighted by atomic mass is 10.0. The van der Waals surface area contributed by atoms with Crippen LogP contribution in [-0.4, -0.2) is 17.5 Å². The van der Waals surface area contributed by atoms with Gasteiger partial charge in [0.15, 0.2) is 6.61 Å². The van der Waals surface area contributed by atoms with Crippen LogP contribution in [0.1, 0.15) is 30.9 Å². The Morgan fingerprint density at radius 1 is 1.20 bits per heavy atom. The van der Waals surface area contributed by atoms with Gasteiger partial charge in [0.25, 0.3) is 0 Å². The first kappa shape index (κ1) is 18.4. The molecule has 7 heteroatoms. The highest BCUT2D eigenvalue weighted by atomic mass is 19.1. The van der Waals surface area contributed by atoms with Gasteiger partial charge in [0.05, 0.1) is 4.92 Å². The Labute approximate surface area is 144 Å². The Bertz CT molecular complexity index is 804. The van der Waals surface area contributed by atoms with Gasteiger partial charge in [-0.25, -0.2) is 9.18 Å². The van der Waals surface area contributed by atoms with Crippen molar-refractivity contribution < 1.29 is 23.6 Å². The van der Waals surface area contributed by atoms with Crippen LogP contribution in [0.25, 0.3) is 0 Å². The van der Waals surface area contributed by atoms with E-state index in [2.05, 4.69) is 0 Å². The number of nitro groups is 1. The second-order valence-electron chi connectivity index (χ2n) is 5.83. The Kier molecular flexibility index (Phi) is 5.69. The van der Waals surface area contributed by atoms with Gasteiger partial charge in [-0.15, -0.1) is 0 Å². The molecule has 0 aliphatic rings. The number of carbonyl (C=O) groups is 1. The van der Waals surface area contributed by atoms with Crippen LogP contribution < -0.4 is 9.47 Å². The molecule has 0 heterocycles. The maximum Gasteiger partial charge on any atom is 0.349 e. The molecule has 0 fully saturated rings. The van der Waals surface area contributed by atoms with Crippen molar-refractivity contribution in [2.24, 2.45) is 0 Å². The maximum atomic E-state index is 13.3. The zero-order chi connectivity index (χ0) is 18.6. The van der Waals surface area contributed by atoms with Gasteiger partial charge in [-0.3, -0.25) is 10.1 Å². The van der Waals surface area contributed by atoms with Crippen LogP contribution in [0.4, 0.5) is 10.1 Å². The molecule has 2 rings (SSSR count). The molecule has 25 heavy (non-hydrogen) atoms. The van der Waals surface area contributed by atoms with E-state index in [0.29, 0.717) is 5.75 Å². The van der Waals surface area contributed by atoms with Gasteiger partial charge in [0, 0.05) is 12.1 Å². The Balaban J connectivity index is 2.11. The summed E-state index contributed by atoms with van der Waals surface area (Å²) >= 11 is 0.